The first-order valence-electron chi connectivity index (χ1n) is 9.73. The second-order valence-electron chi connectivity index (χ2n) is 7.46. The van der Waals surface area contributed by atoms with Gasteiger partial charge in [-0.05, 0) is 65.4 Å². The van der Waals surface area contributed by atoms with Crippen molar-refractivity contribution in [2.45, 2.75) is 32.4 Å². The normalized spacial score (nSPS) is 12.9. The molecule has 0 aliphatic rings. The molecule has 3 aromatic rings. The number of fused-ring (bicyclic) bond motifs is 1. The van der Waals surface area contributed by atoms with Crippen molar-refractivity contribution in [2.24, 2.45) is 11.7 Å². The van der Waals surface area contributed by atoms with Gasteiger partial charge in [-0.15, -0.1) is 0 Å². The highest BCUT2D eigenvalue weighted by Gasteiger charge is 2.30. The SMILES string of the molecule is C[C@H](CCN)CCC(=O)c1ccc2c(-c3ccc(C(F)(F)F)cc3)cccc2c1. The van der Waals surface area contributed by atoms with Crippen molar-refractivity contribution in [3.8, 4) is 11.1 Å². The van der Waals surface area contributed by atoms with E-state index >= 15 is 0 Å². The van der Waals surface area contributed by atoms with Gasteiger partial charge in [0.1, 0.15) is 0 Å². The molecule has 0 aromatic heterocycles. The Morgan fingerprint density at radius 2 is 1.72 bits per heavy atom. The molecule has 29 heavy (non-hydrogen) atoms. The number of benzene rings is 3. The molecular formula is C24H24F3NO. The number of halogens is 3. The summed E-state index contributed by atoms with van der Waals surface area (Å²) >= 11 is 0. The average Bonchev–Trinajstić information content (AvgIpc) is 2.71. The summed E-state index contributed by atoms with van der Waals surface area (Å²) in [5.74, 6) is 0.506. The van der Waals surface area contributed by atoms with Crippen LogP contribution in [-0.4, -0.2) is 12.3 Å². The zero-order valence-electron chi connectivity index (χ0n) is 16.3. The number of carbonyl (C=O) groups excluding carboxylic acids is 1. The van der Waals surface area contributed by atoms with E-state index in [0.717, 1.165) is 41.3 Å². The maximum Gasteiger partial charge on any atom is 0.416 e. The Morgan fingerprint density at radius 1 is 1.00 bits per heavy atom. The van der Waals surface area contributed by atoms with Crippen molar-refractivity contribution >= 4 is 16.6 Å². The van der Waals surface area contributed by atoms with Gasteiger partial charge < -0.3 is 5.73 Å². The summed E-state index contributed by atoms with van der Waals surface area (Å²) in [6.45, 7) is 2.72. The van der Waals surface area contributed by atoms with E-state index in [9.17, 15) is 18.0 Å². The third-order valence-electron chi connectivity index (χ3n) is 5.25. The number of nitrogens with two attached hydrogens (primary N) is 1. The van der Waals surface area contributed by atoms with Gasteiger partial charge in [0, 0.05) is 12.0 Å². The number of Topliss-reactive ketones (excluding diaryl/α,β-unsaturated/α-hetero) is 1. The maximum absolute atomic E-state index is 12.8. The van der Waals surface area contributed by atoms with Crippen LogP contribution in [-0.2, 0) is 6.18 Å². The van der Waals surface area contributed by atoms with Crippen LogP contribution in [0.3, 0.4) is 0 Å². The van der Waals surface area contributed by atoms with E-state index in [-0.39, 0.29) is 5.78 Å². The summed E-state index contributed by atoms with van der Waals surface area (Å²) in [4.78, 5) is 12.5. The van der Waals surface area contributed by atoms with Crippen LogP contribution in [0.15, 0.2) is 60.7 Å². The lowest BCUT2D eigenvalue weighted by Gasteiger charge is -2.11. The van der Waals surface area contributed by atoms with Crippen LogP contribution in [0.1, 0.15) is 42.1 Å². The number of carbonyl (C=O) groups is 1. The molecule has 0 aliphatic carbocycles. The predicted molar refractivity (Wildman–Crippen MR) is 111 cm³/mol. The summed E-state index contributed by atoms with van der Waals surface area (Å²) in [5.41, 5.74) is 7.09. The van der Waals surface area contributed by atoms with E-state index in [1.165, 1.54) is 12.1 Å². The van der Waals surface area contributed by atoms with Gasteiger partial charge in [0.25, 0.3) is 0 Å². The van der Waals surface area contributed by atoms with Crippen molar-refractivity contribution < 1.29 is 18.0 Å². The highest BCUT2D eigenvalue weighted by Crippen LogP contribution is 2.33. The summed E-state index contributed by atoms with van der Waals surface area (Å²) in [6, 6.07) is 16.3. The van der Waals surface area contributed by atoms with E-state index in [1.807, 2.05) is 30.3 Å². The van der Waals surface area contributed by atoms with E-state index in [2.05, 4.69) is 6.92 Å². The predicted octanol–water partition coefficient (Wildman–Crippen LogP) is 6.47. The number of hydrogen-bond acceptors (Lipinski definition) is 2. The monoisotopic (exact) mass is 399 g/mol. The molecule has 0 saturated carbocycles. The Balaban J connectivity index is 1.86. The minimum atomic E-state index is -4.35. The van der Waals surface area contributed by atoms with E-state index in [1.54, 1.807) is 6.07 Å². The number of alkyl halides is 3. The molecule has 152 valence electrons. The summed E-state index contributed by atoms with van der Waals surface area (Å²) < 4.78 is 38.4. The zero-order chi connectivity index (χ0) is 21.0. The highest BCUT2D eigenvalue weighted by molar-refractivity contribution is 6.03. The topological polar surface area (TPSA) is 43.1 Å². The van der Waals surface area contributed by atoms with Gasteiger partial charge in [0.15, 0.2) is 5.78 Å². The van der Waals surface area contributed by atoms with Crippen LogP contribution in [0.25, 0.3) is 21.9 Å². The Labute approximate surface area is 168 Å². The highest BCUT2D eigenvalue weighted by atomic mass is 19.4. The molecule has 0 bridgehead atoms. The van der Waals surface area contributed by atoms with Gasteiger partial charge in [-0.25, -0.2) is 0 Å². The maximum atomic E-state index is 12.8. The second kappa shape index (κ2) is 8.78. The van der Waals surface area contributed by atoms with Crippen LogP contribution < -0.4 is 5.73 Å². The Morgan fingerprint density at radius 3 is 2.38 bits per heavy atom. The van der Waals surface area contributed by atoms with E-state index < -0.39 is 11.7 Å². The van der Waals surface area contributed by atoms with Gasteiger partial charge in [-0.3, -0.25) is 4.79 Å². The standard InChI is InChI=1S/C24H24F3NO/c1-16(13-14-28)5-12-23(29)19-8-11-22-18(15-19)3-2-4-21(22)17-6-9-20(10-7-17)24(25,26)27/h2-4,6-11,15-16H,5,12-14,28H2,1H3/t16-/m0/s1. The minimum Gasteiger partial charge on any atom is -0.330 e. The van der Waals surface area contributed by atoms with Crippen LogP contribution >= 0.6 is 0 Å². The van der Waals surface area contributed by atoms with Gasteiger partial charge in [-0.1, -0.05) is 49.4 Å². The van der Waals surface area contributed by atoms with Crippen molar-refractivity contribution in [1.29, 1.82) is 0 Å². The molecule has 0 spiro atoms. The lowest BCUT2D eigenvalue weighted by Crippen LogP contribution is -2.08. The number of ketones is 1. The zero-order valence-corrected chi connectivity index (χ0v) is 16.3. The fourth-order valence-corrected chi connectivity index (χ4v) is 3.50. The van der Waals surface area contributed by atoms with Crippen molar-refractivity contribution in [2.75, 3.05) is 6.54 Å². The first kappa shape index (κ1) is 21.1. The summed E-state index contributed by atoms with van der Waals surface area (Å²) in [6.07, 6.45) is -2.17. The lowest BCUT2D eigenvalue weighted by atomic mass is 9.93. The smallest absolute Gasteiger partial charge is 0.330 e. The molecule has 0 radical (unpaired) electrons. The van der Waals surface area contributed by atoms with Crippen LogP contribution in [0.5, 0.6) is 0 Å². The van der Waals surface area contributed by atoms with Crippen molar-refractivity contribution in [3.63, 3.8) is 0 Å². The molecule has 0 unspecified atom stereocenters. The Kier molecular flexibility index (Phi) is 6.38. The van der Waals surface area contributed by atoms with Crippen molar-refractivity contribution in [3.05, 3.63) is 71.8 Å². The molecule has 0 heterocycles. The molecule has 1 atom stereocenters. The first-order chi connectivity index (χ1) is 13.8. The third kappa shape index (κ3) is 5.04. The molecule has 2 nitrogen and oxygen atoms in total. The Hall–Kier alpha value is -2.66. The second-order valence-corrected chi connectivity index (χ2v) is 7.46. The average molecular weight is 399 g/mol. The number of rotatable bonds is 7. The third-order valence-corrected chi connectivity index (χ3v) is 5.25. The van der Waals surface area contributed by atoms with Gasteiger partial charge in [0.2, 0.25) is 0 Å². The molecule has 0 aliphatic heterocycles. The summed E-state index contributed by atoms with van der Waals surface area (Å²) in [7, 11) is 0. The molecule has 3 aromatic carbocycles. The minimum absolute atomic E-state index is 0.0932. The van der Waals surface area contributed by atoms with E-state index in [0.29, 0.717) is 30.0 Å². The fraction of sp³-hybridized carbons (Fsp3) is 0.292. The Bertz CT molecular complexity index is 993. The van der Waals surface area contributed by atoms with Crippen LogP contribution in [0, 0.1) is 5.92 Å². The molecule has 0 fully saturated rings. The quantitative estimate of drug-likeness (QED) is 0.463. The first-order valence-corrected chi connectivity index (χ1v) is 9.73. The largest absolute Gasteiger partial charge is 0.416 e. The summed E-state index contributed by atoms with van der Waals surface area (Å²) in [5, 5.41) is 1.79. The van der Waals surface area contributed by atoms with Crippen LogP contribution in [0.4, 0.5) is 13.2 Å². The number of hydrogen-bond donors (Lipinski definition) is 1. The lowest BCUT2D eigenvalue weighted by molar-refractivity contribution is -0.137. The van der Waals surface area contributed by atoms with Crippen LogP contribution in [0.2, 0.25) is 0 Å². The molecule has 0 amide bonds. The molecule has 2 N–H and O–H groups in total. The van der Waals surface area contributed by atoms with Gasteiger partial charge in [0.05, 0.1) is 5.56 Å². The van der Waals surface area contributed by atoms with E-state index in [4.69, 9.17) is 5.73 Å². The molecular weight excluding hydrogens is 375 g/mol. The molecule has 3 rings (SSSR count). The van der Waals surface area contributed by atoms with Gasteiger partial charge >= 0.3 is 6.18 Å². The molecule has 0 saturated heterocycles. The molecule has 5 heteroatoms. The van der Waals surface area contributed by atoms with Crippen molar-refractivity contribution in [1.82, 2.24) is 0 Å². The fourth-order valence-electron chi connectivity index (χ4n) is 3.50. The van der Waals surface area contributed by atoms with Gasteiger partial charge in [-0.2, -0.15) is 13.2 Å².